The standard InChI is InChI=1S/C21H26N2O4/c1-4-27-18-7-5-6-15(10-18)13-22-21(24)23-9-8-16-11-19(25-2)20(26-3)12-17(16)14-23/h5-7,10-12H,4,8-9,13-14H2,1-3H3,(H,22,24). The van der Waals surface area contributed by atoms with Gasteiger partial charge in [0.1, 0.15) is 5.75 Å². The molecule has 0 spiro atoms. The van der Waals surface area contributed by atoms with E-state index in [-0.39, 0.29) is 6.03 Å². The van der Waals surface area contributed by atoms with Crippen LogP contribution >= 0.6 is 0 Å². The second-order valence-electron chi connectivity index (χ2n) is 6.39. The van der Waals surface area contributed by atoms with Gasteiger partial charge in [-0.2, -0.15) is 0 Å². The van der Waals surface area contributed by atoms with E-state index < -0.39 is 0 Å². The molecular weight excluding hydrogens is 344 g/mol. The second kappa shape index (κ2) is 8.66. The van der Waals surface area contributed by atoms with Gasteiger partial charge in [-0.1, -0.05) is 12.1 Å². The topological polar surface area (TPSA) is 60.0 Å². The van der Waals surface area contributed by atoms with Gasteiger partial charge < -0.3 is 24.4 Å². The summed E-state index contributed by atoms with van der Waals surface area (Å²) >= 11 is 0. The van der Waals surface area contributed by atoms with Gasteiger partial charge in [0.15, 0.2) is 11.5 Å². The molecule has 1 aliphatic heterocycles. The average Bonchev–Trinajstić information content (AvgIpc) is 2.71. The van der Waals surface area contributed by atoms with E-state index in [0.29, 0.717) is 32.0 Å². The highest BCUT2D eigenvalue weighted by Crippen LogP contribution is 2.33. The molecule has 2 aromatic carbocycles. The van der Waals surface area contributed by atoms with Crippen molar-refractivity contribution in [3.63, 3.8) is 0 Å². The molecular formula is C21H26N2O4. The monoisotopic (exact) mass is 370 g/mol. The van der Waals surface area contributed by atoms with Gasteiger partial charge in [-0.05, 0) is 54.3 Å². The molecule has 0 atom stereocenters. The maximum atomic E-state index is 12.6. The Morgan fingerprint density at radius 3 is 2.56 bits per heavy atom. The fraction of sp³-hybridized carbons (Fsp3) is 0.381. The molecule has 1 N–H and O–H groups in total. The lowest BCUT2D eigenvalue weighted by molar-refractivity contribution is 0.191. The van der Waals surface area contributed by atoms with Crippen LogP contribution in [0.5, 0.6) is 17.2 Å². The first-order valence-electron chi connectivity index (χ1n) is 9.13. The lowest BCUT2D eigenvalue weighted by atomic mass is 9.99. The molecule has 0 aliphatic carbocycles. The number of nitrogens with one attached hydrogen (secondary N) is 1. The van der Waals surface area contributed by atoms with E-state index in [4.69, 9.17) is 14.2 Å². The SMILES string of the molecule is CCOc1cccc(CNC(=O)N2CCc3cc(OC)c(OC)cc3C2)c1. The van der Waals surface area contributed by atoms with Crippen LogP contribution in [0.1, 0.15) is 23.6 Å². The number of carbonyl (C=O) groups is 1. The zero-order chi connectivity index (χ0) is 19.2. The number of ether oxygens (including phenoxy) is 3. The van der Waals surface area contributed by atoms with Gasteiger partial charge in [-0.3, -0.25) is 0 Å². The first-order chi connectivity index (χ1) is 13.1. The Hall–Kier alpha value is -2.89. The lowest BCUT2D eigenvalue weighted by Gasteiger charge is -2.29. The van der Waals surface area contributed by atoms with Gasteiger partial charge in [0.2, 0.25) is 0 Å². The minimum atomic E-state index is -0.0720. The van der Waals surface area contributed by atoms with Crippen LogP contribution in [0.2, 0.25) is 0 Å². The maximum absolute atomic E-state index is 12.6. The van der Waals surface area contributed by atoms with E-state index in [1.807, 2.05) is 48.2 Å². The van der Waals surface area contributed by atoms with Crippen molar-refractivity contribution in [2.75, 3.05) is 27.4 Å². The zero-order valence-electron chi connectivity index (χ0n) is 16.1. The summed E-state index contributed by atoms with van der Waals surface area (Å²) in [5.74, 6) is 2.23. The van der Waals surface area contributed by atoms with E-state index in [9.17, 15) is 4.79 Å². The molecule has 6 nitrogen and oxygen atoms in total. The van der Waals surface area contributed by atoms with Gasteiger partial charge in [0.25, 0.3) is 0 Å². The van der Waals surface area contributed by atoms with Crippen molar-refractivity contribution in [2.24, 2.45) is 0 Å². The summed E-state index contributed by atoms with van der Waals surface area (Å²) in [5, 5.41) is 3.00. The highest BCUT2D eigenvalue weighted by molar-refractivity contribution is 5.74. The van der Waals surface area contributed by atoms with Gasteiger partial charge in [-0.25, -0.2) is 4.79 Å². The van der Waals surface area contributed by atoms with Crippen molar-refractivity contribution in [3.05, 3.63) is 53.1 Å². The Morgan fingerprint density at radius 1 is 1.11 bits per heavy atom. The molecule has 144 valence electrons. The van der Waals surface area contributed by atoms with E-state index in [2.05, 4.69) is 5.32 Å². The summed E-state index contributed by atoms with van der Waals surface area (Å²) in [6, 6.07) is 11.7. The Bertz CT molecular complexity index is 807. The zero-order valence-corrected chi connectivity index (χ0v) is 16.1. The summed E-state index contributed by atoms with van der Waals surface area (Å²) in [7, 11) is 3.25. The molecule has 2 amide bonds. The smallest absolute Gasteiger partial charge is 0.317 e. The summed E-state index contributed by atoms with van der Waals surface area (Å²) in [6.45, 7) is 4.27. The number of hydrogen-bond donors (Lipinski definition) is 1. The number of benzene rings is 2. The van der Waals surface area contributed by atoms with Crippen molar-refractivity contribution >= 4 is 6.03 Å². The van der Waals surface area contributed by atoms with Gasteiger partial charge in [-0.15, -0.1) is 0 Å². The molecule has 0 fully saturated rings. The number of hydrogen-bond acceptors (Lipinski definition) is 4. The van der Waals surface area contributed by atoms with Crippen LogP contribution in [0, 0.1) is 0 Å². The maximum Gasteiger partial charge on any atom is 0.317 e. The number of nitrogens with zero attached hydrogens (tertiary/aromatic N) is 1. The number of rotatable bonds is 6. The Morgan fingerprint density at radius 2 is 1.85 bits per heavy atom. The summed E-state index contributed by atoms with van der Waals surface area (Å²) in [4.78, 5) is 14.4. The molecule has 1 heterocycles. The number of amides is 2. The van der Waals surface area contributed by atoms with Gasteiger partial charge in [0, 0.05) is 19.6 Å². The molecule has 0 saturated carbocycles. The van der Waals surface area contributed by atoms with E-state index in [1.54, 1.807) is 14.2 Å². The van der Waals surface area contributed by atoms with Crippen LogP contribution in [0.15, 0.2) is 36.4 Å². The Labute approximate surface area is 160 Å². The fourth-order valence-electron chi connectivity index (χ4n) is 3.26. The highest BCUT2D eigenvalue weighted by atomic mass is 16.5. The molecule has 6 heteroatoms. The first kappa shape index (κ1) is 18.9. The average molecular weight is 370 g/mol. The van der Waals surface area contributed by atoms with Gasteiger partial charge in [0.05, 0.1) is 20.8 Å². The normalized spacial score (nSPS) is 12.9. The van der Waals surface area contributed by atoms with Crippen LogP contribution in [0.3, 0.4) is 0 Å². The van der Waals surface area contributed by atoms with E-state index in [0.717, 1.165) is 29.0 Å². The first-order valence-corrected chi connectivity index (χ1v) is 9.13. The van der Waals surface area contributed by atoms with Crippen molar-refractivity contribution in [1.82, 2.24) is 10.2 Å². The summed E-state index contributed by atoms with van der Waals surface area (Å²) < 4.78 is 16.2. The molecule has 0 bridgehead atoms. The summed E-state index contributed by atoms with van der Waals surface area (Å²) in [6.07, 6.45) is 0.795. The molecule has 1 aliphatic rings. The van der Waals surface area contributed by atoms with E-state index >= 15 is 0 Å². The Kier molecular flexibility index (Phi) is 6.06. The van der Waals surface area contributed by atoms with Crippen LogP contribution in [0.25, 0.3) is 0 Å². The lowest BCUT2D eigenvalue weighted by Crippen LogP contribution is -2.42. The van der Waals surface area contributed by atoms with Gasteiger partial charge >= 0.3 is 6.03 Å². The van der Waals surface area contributed by atoms with Crippen LogP contribution in [-0.2, 0) is 19.5 Å². The summed E-state index contributed by atoms with van der Waals surface area (Å²) in [5.41, 5.74) is 3.30. The van der Waals surface area contributed by atoms with Crippen molar-refractivity contribution in [1.29, 1.82) is 0 Å². The van der Waals surface area contributed by atoms with Crippen LogP contribution in [-0.4, -0.2) is 38.3 Å². The van der Waals surface area contributed by atoms with Crippen molar-refractivity contribution in [3.8, 4) is 17.2 Å². The third-order valence-electron chi connectivity index (χ3n) is 4.66. The molecule has 27 heavy (non-hydrogen) atoms. The predicted molar refractivity (Wildman–Crippen MR) is 104 cm³/mol. The van der Waals surface area contributed by atoms with Crippen molar-refractivity contribution < 1.29 is 19.0 Å². The molecule has 0 aromatic heterocycles. The van der Waals surface area contributed by atoms with E-state index in [1.165, 1.54) is 5.56 Å². The fourth-order valence-corrected chi connectivity index (χ4v) is 3.26. The number of urea groups is 1. The van der Waals surface area contributed by atoms with Crippen molar-refractivity contribution in [2.45, 2.75) is 26.4 Å². The third kappa shape index (κ3) is 4.45. The van der Waals surface area contributed by atoms with Crippen LogP contribution < -0.4 is 19.5 Å². The number of methoxy groups -OCH3 is 2. The third-order valence-corrected chi connectivity index (χ3v) is 4.66. The molecule has 0 saturated heterocycles. The highest BCUT2D eigenvalue weighted by Gasteiger charge is 2.22. The predicted octanol–water partition coefficient (Wildman–Crippen LogP) is 3.37. The minimum Gasteiger partial charge on any atom is -0.494 e. The quantitative estimate of drug-likeness (QED) is 0.847. The Balaban J connectivity index is 1.63. The largest absolute Gasteiger partial charge is 0.494 e. The molecule has 2 aromatic rings. The second-order valence-corrected chi connectivity index (χ2v) is 6.39. The molecule has 0 radical (unpaired) electrons. The van der Waals surface area contributed by atoms with Crippen LogP contribution in [0.4, 0.5) is 4.79 Å². The molecule has 3 rings (SSSR count). The number of fused-ring (bicyclic) bond motifs is 1. The molecule has 0 unspecified atom stereocenters. The number of carbonyl (C=O) groups excluding carboxylic acids is 1. The minimum absolute atomic E-state index is 0.0720.